The van der Waals surface area contributed by atoms with Crippen molar-refractivity contribution >= 4 is 23.3 Å². The quantitative estimate of drug-likeness (QED) is 0.868. The molecule has 5 heteroatoms. The van der Waals surface area contributed by atoms with Crippen LogP contribution in [0.1, 0.15) is 29.5 Å². The first kappa shape index (κ1) is 18.0. The summed E-state index contributed by atoms with van der Waals surface area (Å²) in [5, 5.41) is 5.85. The summed E-state index contributed by atoms with van der Waals surface area (Å²) >= 11 is 0. The molecular weight excluding hydrogens is 326 g/mol. The largest absolute Gasteiger partial charge is 0.324 e. The minimum atomic E-state index is -0.443. The van der Waals surface area contributed by atoms with Crippen LogP contribution in [0.4, 0.5) is 16.2 Å². The summed E-state index contributed by atoms with van der Waals surface area (Å²) in [6, 6.07) is 12.9. The average Bonchev–Trinajstić information content (AvgIpc) is 3.06. The molecule has 2 aromatic rings. The van der Waals surface area contributed by atoms with Crippen molar-refractivity contribution in [1.82, 2.24) is 4.90 Å². The molecule has 0 unspecified atom stereocenters. The normalized spacial score (nSPS) is 16.4. The maximum atomic E-state index is 12.7. The lowest BCUT2D eigenvalue weighted by molar-refractivity contribution is -0.119. The summed E-state index contributed by atoms with van der Waals surface area (Å²) in [6.45, 7) is 6.58. The van der Waals surface area contributed by atoms with E-state index >= 15 is 0 Å². The summed E-state index contributed by atoms with van der Waals surface area (Å²) in [4.78, 5) is 26.9. The number of carbonyl (C=O) groups excluding carboxylic acids is 2. The lowest BCUT2D eigenvalue weighted by atomic mass is 10.1. The Morgan fingerprint density at radius 2 is 1.54 bits per heavy atom. The lowest BCUT2D eigenvalue weighted by Crippen LogP contribution is -2.45. The monoisotopic (exact) mass is 351 g/mol. The Bertz CT molecular complexity index is 794. The molecule has 1 aliphatic rings. The highest BCUT2D eigenvalue weighted by molar-refractivity contribution is 5.99. The minimum absolute atomic E-state index is 0.133. The predicted octanol–water partition coefficient (Wildman–Crippen LogP) is 4.25. The minimum Gasteiger partial charge on any atom is -0.324 e. The topological polar surface area (TPSA) is 61.4 Å². The van der Waals surface area contributed by atoms with Gasteiger partial charge in [0.1, 0.15) is 6.04 Å². The highest BCUT2D eigenvalue weighted by Crippen LogP contribution is 2.22. The van der Waals surface area contributed by atoms with Crippen molar-refractivity contribution < 1.29 is 9.59 Å². The van der Waals surface area contributed by atoms with Crippen molar-refractivity contribution in [2.45, 2.75) is 39.7 Å². The first-order chi connectivity index (χ1) is 12.4. The molecule has 0 spiro atoms. The van der Waals surface area contributed by atoms with Crippen LogP contribution < -0.4 is 10.6 Å². The molecular formula is C21H25N3O2. The number of amides is 3. The Labute approximate surface area is 154 Å². The van der Waals surface area contributed by atoms with Gasteiger partial charge in [-0.1, -0.05) is 23.8 Å². The number of carbonyl (C=O) groups is 2. The van der Waals surface area contributed by atoms with Crippen molar-refractivity contribution in [2.24, 2.45) is 0 Å². The fraction of sp³-hybridized carbons (Fsp3) is 0.333. The van der Waals surface area contributed by atoms with Crippen LogP contribution in [0.3, 0.4) is 0 Å². The van der Waals surface area contributed by atoms with Gasteiger partial charge in [0.25, 0.3) is 0 Å². The van der Waals surface area contributed by atoms with Crippen LogP contribution in [0.2, 0.25) is 0 Å². The van der Waals surface area contributed by atoms with E-state index in [1.165, 1.54) is 0 Å². The Hall–Kier alpha value is -2.82. The van der Waals surface area contributed by atoms with Gasteiger partial charge in [0.2, 0.25) is 5.91 Å². The zero-order chi connectivity index (χ0) is 18.7. The zero-order valence-electron chi connectivity index (χ0n) is 15.5. The maximum Gasteiger partial charge on any atom is 0.322 e. The van der Waals surface area contributed by atoms with E-state index in [2.05, 4.69) is 16.7 Å². The number of hydrogen-bond acceptors (Lipinski definition) is 2. The standard InChI is InChI=1S/C21H25N3O2/c1-14-6-8-17(9-7-14)23-21(26)24-10-4-5-19(24)20(25)22-18-12-15(2)11-16(3)13-18/h6-9,11-13,19H,4-5,10H2,1-3H3,(H,22,25)(H,23,26)/t19-/m0/s1. The fourth-order valence-corrected chi connectivity index (χ4v) is 3.39. The molecule has 5 nitrogen and oxygen atoms in total. The van der Waals surface area contributed by atoms with Gasteiger partial charge in [-0.25, -0.2) is 4.79 Å². The first-order valence-electron chi connectivity index (χ1n) is 8.96. The molecule has 1 aliphatic heterocycles. The van der Waals surface area contributed by atoms with Gasteiger partial charge < -0.3 is 15.5 Å². The van der Waals surface area contributed by atoms with E-state index in [4.69, 9.17) is 0 Å². The summed E-state index contributed by atoms with van der Waals surface area (Å²) < 4.78 is 0. The fourth-order valence-electron chi connectivity index (χ4n) is 3.39. The molecule has 1 fully saturated rings. The number of hydrogen-bond donors (Lipinski definition) is 2. The van der Waals surface area contributed by atoms with Crippen LogP contribution in [-0.4, -0.2) is 29.4 Å². The molecule has 1 saturated heterocycles. The van der Waals surface area contributed by atoms with Gasteiger partial charge in [-0.05, 0) is 69.0 Å². The van der Waals surface area contributed by atoms with E-state index in [1.54, 1.807) is 4.90 Å². The highest BCUT2D eigenvalue weighted by atomic mass is 16.2. The van der Waals surface area contributed by atoms with Gasteiger partial charge in [-0.3, -0.25) is 4.79 Å². The molecule has 136 valence electrons. The summed E-state index contributed by atoms with van der Waals surface area (Å²) in [5.74, 6) is -0.133. The number of nitrogens with one attached hydrogen (secondary N) is 2. The molecule has 1 heterocycles. The molecule has 0 radical (unpaired) electrons. The number of anilines is 2. The van der Waals surface area contributed by atoms with E-state index in [0.29, 0.717) is 13.0 Å². The van der Waals surface area contributed by atoms with Crippen LogP contribution in [0.25, 0.3) is 0 Å². The van der Waals surface area contributed by atoms with Crippen LogP contribution in [0.5, 0.6) is 0 Å². The second-order valence-electron chi connectivity index (χ2n) is 7.01. The number of benzene rings is 2. The number of nitrogens with zero attached hydrogens (tertiary/aromatic N) is 1. The van der Waals surface area contributed by atoms with Crippen molar-refractivity contribution in [2.75, 3.05) is 17.2 Å². The van der Waals surface area contributed by atoms with Gasteiger partial charge in [0, 0.05) is 17.9 Å². The van der Waals surface area contributed by atoms with Crippen LogP contribution >= 0.6 is 0 Å². The van der Waals surface area contributed by atoms with E-state index < -0.39 is 6.04 Å². The average molecular weight is 351 g/mol. The van der Waals surface area contributed by atoms with E-state index in [9.17, 15) is 9.59 Å². The number of aryl methyl sites for hydroxylation is 3. The summed E-state index contributed by atoms with van der Waals surface area (Å²) in [6.07, 6.45) is 1.50. The van der Waals surface area contributed by atoms with E-state index in [-0.39, 0.29) is 11.9 Å². The van der Waals surface area contributed by atoms with Gasteiger partial charge in [0.15, 0.2) is 0 Å². The summed E-state index contributed by atoms with van der Waals surface area (Å²) in [5.41, 5.74) is 4.84. The molecule has 0 bridgehead atoms. The maximum absolute atomic E-state index is 12.7. The van der Waals surface area contributed by atoms with Crippen molar-refractivity contribution in [3.63, 3.8) is 0 Å². The molecule has 0 aromatic heterocycles. The number of likely N-dealkylation sites (tertiary alicyclic amines) is 1. The Balaban J connectivity index is 1.67. The Morgan fingerprint density at radius 3 is 2.19 bits per heavy atom. The smallest absolute Gasteiger partial charge is 0.322 e. The van der Waals surface area contributed by atoms with Crippen molar-refractivity contribution in [3.05, 3.63) is 59.2 Å². The zero-order valence-corrected chi connectivity index (χ0v) is 15.5. The third-order valence-electron chi connectivity index (χ3n) is 4.61. The second-order valence-corrected chi connectivity index (χ2v) is 7.01. The van der Waals surface area contributed by atoms with Crippen LogP contribution in [0.15, 0.2) is 42.5 Å². The Kier molecular flexibility index (Phi) is 5.26. The molecule has 3 rings (SSSR count). The van der Waals surface area contributed by atoms with Crippen LogP contribution in [0, 0.1) is 20.8 Å². The SMILES string of the molecule is Cc1ccc(NC(=O)N2CCC[C@H]2C(=O)Nc2cc(C)cc(C)c2)cc1. The van der Waals surface area contributed by atoms with Gasteiger partial charge >= 0.3 is 6.03 Å². The predicted molar refractivity (Wildman–Crippen MR) is 104 cm³/mol. The number of rotatable bonds is 3. The molecule has 2 aromatic carbocycles. The molecule has 0 aliphatic carbocycles. The van der Waals surface area contributed by atoms with Crippen molar-refractivity contribution in [3.8, 4) is 0 Å². The summed E-state index contributed by atoms with van der Waals surface area (Å²) in [7, 11) is 0. The number of urea groups is 1. The van der Waals surface area contributed by atoms with Crippen LogP contribution in [-0.2, 0) is 4.79 Å². The second kappa shape index (κ2) is 7.60. The third-order valence-corrected chi connectivity index (χ3v) is 4.61. The molecule has 26 heavy (non-hydrogen) atoms. The van der Waals surface area contributed by atoms with Gasteiger partial charge in [-0.15, -0.1) is 0 Å². The van der Waals surface area contributed by atoms with Crippen molar-refractivity contribution in [1.29, 1.82) is 0 Å². The first-order valence-corrected chi connectivity index (χ1v) is 8.96. The van der Waals surface area contributed by atoms with Gasteiger partial charge in [0.05, 0.1) is 0 Å². The third kappa shape index (κ3) is 4.23. The Morgan fingerprint density at radius 1 is 0.885 bits per heavy atom. The molecule has 2 N–H and O–H groups in total. The molecule has 1 atom stereocenters. The van der Waals surface area contributed by atoms with E-state index in [0.717, 1.165) is 34.5 Å². The molecule has 0 saturated carbocycles. The molecule has 3 amide bonds. The lowest BCUT2D eigenvalue weighted by Gasteiger charge is -2.24. The van der Waals surface area contributed by atoms with Gasteiger partial charge in [-0.2, -0.15) is 0 Å². The highest BCUT2D eigenvalue weighted by Gasteiger charge is 2.34. The van der Waals surface area contributed by atoms with E-state index in [1.807, 2.05) is 57.2 Å².